The molecule has 1 N–H and O–H groups in total. The van der Waals surface area contributed by atoms with Crippen LogP contribution in [0.4, 0.5) is 0 Å². The molecule has 100 valence electrons. The second kappa shape index (κ2) is 6.37. The lowest BCUT2D eigenvalue weighted by Gasteiger charge is -2.23. The Morgan fingerprint density at radius 3 is 3.00 bits per heavy atom. The van der Waals surface area contributed by atoms with Gasteiger partial charge in [0.1, 0.15) is 6.61 Å². The van der Waals surface area contributed by atoms with Gasteiger partial charge in [-0.05, 0) is 18.6 Å². The standard InChI is InChI=1S/C15H17NO3/c1-16(13-8-10-19-11-13)15(18)14-7-3-2-5-12(14)6-4-9-17/h2-3,5,7,13,17H,8-11H2,1H3. The largest absolute Gasteiger partial charge is 0.384 e. The third-order valence-corrected chi connectivity index (χ3v) is 3.23. The molecule has 1 aromatic rings. The van der Waals surface area contributed by atoms with Crippen molar-refractivity contribution in [1.29, 1.82) is 0 Å². The fraction of sp³-hybridized carbons (Fsp3) is 0.400. The maximum Gasteiger partial charge on any atom is 0.255 e. The Morgan fingerprint density at radius 2 is 2.32 bits per heavy atom. The average molecular weight is 259 g/mol. The van der Waals surface area contributed by atoms with Gasteiger partial charge in [-0.15, -0.1) is 0 Å². The SMILES string of the molecule is CN(C(=O)c1ccccc1C#CCO)C1CCOC1. The van der Waals surface area contributed by atoms with Crippen LogP contribution in [0.1, 0.15) is 22.3 Å². The minimum atomic E-state index is -0.213. The summed E-state index contributed by atoms with van der Waals surface area (Å²) in [5.74, 6) is 5.33. The molecule has 1 heterocycles. The summed E-state index contributed by atoms with van der Waals surface area (Å²) in [6.45, 7) is 1.08. The molecular weight excluding hydrogens is 242 g/mol. The predicted octanol–water partition coefficient (Wildman–Crippen LogP) is 0.891. The Kier molecular flexibility index (Phi) is 4.56. The van der Waals surface area contributed by atoms with E-state index < -0.39 is 0 Å². The first-order valence-electron chi connectivity index (χ1n) is 6.27. The molecule has 0 saturated carbocycles. The van der Waals surface area contributed by atoms with Crippen molar-refractivity contribution in [2.24, 2.45) is 0 Å². The highest BCUT2D eigenvalue weighted by Crippen LogP contribution is 2.16. The van der Waals surface area contributed by atoms with Gasteiger partial charge < -0.3 is 14.7 Å². The van der Waals surface area contributed by atoms with Crippen LogP contribution in [0.5, 0.6) is 0 Å². The molecule has 0 aliphatic carbocycles. The summed E-state index contributed by atoms with van der Waals surface area (Å²) in [5.41, 5.74) is 1.21. The lowest BCUT2D eigenvalue weighted by atomic mass is 10.1. The third kappa shape index (κ3) is 3.14. The molecule has 1 aliphatic rings. The molecule has 0 aromatic heterocycles. The van der Waals surface area contributed by atoms with E-state index in [0.29, 0.717) is 24.3 Å². The number of likely N-dealkylation sites (N-methyl/N-ethyl adjacent to an activating group) is 1. The van der Waals surface area contributed by atoms with E-state index in [4.69, 9.17) is 9.84 Å². The van der Waals surface area contributed by atoms with E-state index in [9.17, 15) is 4.79 Å². The van der Waals surface area contributed by atoms with E-state index in [0.717, 1.165) is 6.42 Å². The van der Waals surface area contributed by atoms with Crippen molar-refractivity contribution in [3.05, 3.63) is 35.4 Å². The molecule has 0 spiro atoms. The summed E-state index contributed by atoms with van der Waals surface area (Å²) in [6.07, 6.45) is 0.868. The summed E-state index contributed by atoms with van der Waals surface area (Å²) in [6, 6.07) is 7.32. The monoisotopic (exact) mass is 259 g/mol. The predicted molar refractivity (Wildman–Crippen MR) is 71.7 cm³/mol. The smallest absolute Gasteiger partial charge is 0.255 e. The summed E-state index contributed by atoms with van der Waals surface area (Å²) >= 11 is 0. The Bertz CT molecular complexity index is 510. The van der Waals surface area contributed by atoms with Crippen LogP contribution in [-0.4, -0.2) is 48.8 Å². The van der Waals surface area contributed by atoms with Crippen molar-refractivity contribution < 1.29 is 14.6 Å². The van der Waals surface area contributed by atoms with Crippen molar-refractivity contribution in [1.82, 2.24) is 4.90 Å². The van der Waals surface area contributed by atoms with Gasteiger partial charge >= 0.3 is 0 Å². The molecule has 1 saturated heterocycles. The molecule has 0 radical (unpaired) electrons. The number of nitrogens with zero attached hydrogens (tertiary/aromatic N) is 1. The van der Waals surface area contributed by atoms with Gasteiger partial charge in [0.15, 0.2) is 0 Å². The van der Waals surface area contributed by atoms with Crippen molar-refractivity contribution in [2.45, 2.75) is 12.5 Å². The molecule has 19 heavy (non-hydrogen) atoms. The number of aliphatic hydroxyl groups excluding tert-OH is 1. The van der Waals surface area contributed by atoms with Crippen LogP contribution in [0, 0.1) is 11.8 Å². The van der Waals surface area contributed by atoms with Gasteiger partial charge in [0.05, 0.1) is 18.2 Å². The molecule has 0 bridgehead atoms. The second-order valence-electron chi connectivity index (χ2n) is 4.44. The highest BCUT2D eigenvalue weighted by Gasteiger charge is 2.25. The first-order chi connectivity index (χ1) is 9.24. The highest BCUT2D eigenvalue weighted by molar-refractivity contribution is 5.96. The van der Waals surface area contributed by atoms with Crippen molar-refractivity contribution in [3.63, 3.8) is 0 Å². The van der Waals surface area contributed by atoms with Crippen LogP contribution >= 0.6 is 0 Å². The summed E-state index contributed by atoms with van der Waals surface area (Å²) < 4.78 is 5.30. The van der Waals surface area contributed by atoms with Gasteiger partial charge in [0.25, 0.3) is 5.91 Å². The molecule has 1 unspecified atom stereocenters. The molecule has 1 aromatic carbocycles. The van der Waals surface area contributed by atoms with Gasteiger partial charge in [-0.1, -0.05) is 24.0 Å². The van der Waals surface area contributed by atoms with E-state index >= 15 is 0 Å². The number of hydrogen-bond donors (Lipinski definition) is 1. The average Bonchev–Trinajstić information content (AvgIpc) is 2.98. The molecule has 1 amide bonds. The van der Waals surface area contributed by atoms with E-state index in [-0.39, 0.29) is 18.6 Å². The maximum absolute atomic E-state index is 12.5. The molecular formula is C15H17NO3. The number of aliphatic hydroxyl groups is 1. The normalized spacial score (nSPS) is 17.7. The highest BCUT2D eigenvalue weighted by atomic mass is 16.5. The number of benzene rings is 1. The topological polar surface area (TPSA) is 49.8 Å². The fourth-order valence-electron chi connectivity index (χ4n) is 2.10. The Labute approximate surface area is 113 Å². The maximum atomic E-state index is 12.5. The Morgan fingerprint density at radius 1 is 1.53 bits per heavy atom. The third-order valence-electron chi connectivity index (χ3n) is 3.23. The Balaban J connectivity index is 2.22. The number of rotatable bonds is 2. The summed E-state index contributed by atoms with van der Waals surface area (Å²) in [5, 5.41) is 8.75. The van der Waals surface area contributed by atoms with Crippen molar-refractivity contribution >= 4 is 5.91 Å². The van der Waals surface area contributed by atoms with Crippen LogP contribution in [0.15, 0.2) is 24.3 Å². The zero-order valence-electron chi connectivity index (χ0n) is 10.9. The molecule has 2 rings (SSSR count). The molecule has 1 atom stereocenters. The first kappa shape index (κ1) is 13.6. The van der Waals surface area contributed by atoms with Gasteiger partial charge in [0.2, 0.25) is 0 Å². The van der Waals surface area contributed by atoms with E-state index in [1.54, 1.807) is 24.1 Å². The van der Waals surface area contributed by atoms with Gasteiger partial charge in [0, 0.05) is 19.2 Å². The zero-order valence-corrected chi connectivity index (χ0v) is 10.9. The quantitative estimate of drug-likeness (QED) is 0.803. The van der Waals surface area contributed by atoms with Gasteiger partial charge in [-0.2, -0.15) is 0 Å². The summed E-state index contributed by atoms with van der Waals surface area (Å²) in [4.78, 5) is 14.2. The molecule has 1 aliphatic heterocycles. The lowest BCUT2D eigenvalue weighted by molar-refractivity contribution is 0.0711. The number of ether oxygens (including phenoxy) is 1. The fourth-order valence-corrected chi connectivity index (χ4v) is 2.10. The second-order valence-corrected chi connectivity index (χ2v) is 4.44. The van der Waals surface area contributed by atoms with E-state index in [2.05, 4.69) is 11.8 Å². The number of amides is 1. The van der Waals surface area contributed by atoms with Crippen LogP contribution in [0.2, 0.25) is 0 Å². The van der Waals surface area contributed by atoms with Gasteiger partial charge in [-0.25, -0.2) is 0 Å². The molecule has 4 heteroatoms. The first-order valence-corrected chi connectivity index (χ1v) is 6.27. The van der Waals surface area contributed by atoms with E-state index in [1.807, 2.05) is 12.1 Å². The van der Waals surface area contributed by atoms with Crippen LogP contribution in [-0.2, 0) is 4.74 Å². The van der Waals surface area contributed by atoms with Crippen LogP contribution < -0.4 is 0 Å². The van der Waals surface area contributed by atoms with E-state index in [1.165, 1.54) is 0 Å². The minimum Gasteiger partial charge on any atom is -0.384 e. The van der Waals surface area contributed by atoms with Crippen molar-refractivity contribution in [3.8, 4) is 11.8 Å². The lowest BCUT2D eigenvalue weighted by Crippen LogP contribution is -2.37. The molecule has 4 nitrogen and oxygen atoms in total. The summed E-state index contributed by atoms with van der Waals surface area (Å²) in [7, 11) is 1.79. The molecule has 1 fully saturated rings. The van der Waals surface area contributed by atoms with Crippen molar-refractivity contribution in [2.75, 3.05) is 26.9 Å². The van der Waals surface area contributed by atoms with Crippen LogP contribution in [0.25, 0.3) is 0 Å². The zero-order chi connectivity index (χ0) is 13.7. The number of carbonyl (C=O) groups excluding carboxylic acids is 1. The number of hydrogen-bond acceptors (Lipinski definition) is 3. The van der Waals surface area contributed by atoms with Crippen LogP contribution in [0.3, 0.4) is 0 Å². The minimum absolute atomic E-state index is 0.0571. The number of carbonyl (C=O) groups is 1. The van der Waals surface area contributed by atoms with Gasteiger partial charge in [-0.3, -0.25) is 4.79 Å². The Hall–Kier alpha value is -1.83.